The van der Waals surface area contributed by atoms with Crippen LogP contribution in [-0.4, -0.2) is 40.6 Å². The Morgan fingerprint density at radius 1 is 1.21 bits per heavy atom. The summed E-state index contributed by atoms with van der Waals surface area (Å²) in [5, 5.41) is 0.599. The zero-order chi connectivity index (χ0) is 20.4. The van der Waals surface area contributed by atoms with Gasteiger partial charge in [0.2, 0.25) is 0 Å². The standard InChI is InChI=1S/C21H23N5O3/c1-29-16-2-3-17-18(11-16)24-13-26(21(17)28)12-14-5-8-25(9-6-14)15-4-7-23-19(10-15)20(22)27/h2-4,7,10-11,13-14H,5-6,8-9,12H2,1H3,(H2,22,27). The summed E-state index contributed by atoms with van der Waals surface area (Å²) in [4.78, 5) is 34.8. The van der Waals surface area contributed by atoms with Crippen LogP contribution in [0.25, 0.3) is 10.9 Å². The second kappa shape index (κ2) is 7.90. The zero-order valence-electron chi connectivity index (χ0n) is 16.2. The highest BCUT2D eigenvalue weighted by atomic mass is 16.5. The van der Waals surface area contributed by atoms with E-state index in [9.17, 15) is 9.59 Å². The van der Waals surface area contributed by atoms with E-state index in [0.717, 1.165) is 31.6 Å². The number of hydrogen-bond donors (Lipinski definition) is 1. The molecule has 29 heavy (non-hydrogen) atoms. The first-order valence-corrected chi connectivity index (χ1v) is 9.59. The maximum absolute atomic E-state index is 12.8. The van der Waals surface area contributed by atoms with Crippen LogP contribution in [0.2, 0.25) is 0 Å². The van der Waals surface area contributed by atoms with Gasteiger partial charge >= 0.3 is 0 Å². The number of pyridine rings is 1. The summed E-state index contributed by atoms with van der Waals surface area (Å²) < 4.78 is 6.90. The fourth-order valence-corrected chi connectivity index (χ4v) is 3.80. The smallest absolute Gasteiger partial charge is 0.267 e. The van der Waals surface area contributed by atoms with E-state index in [1.807, 2.05) is 6.07 Å². The maximum atomic E-state index is 12.8. The van der Waals surface area contributed by atoms with E-state index < -0.39 is 5.91 Å². The predicted octanol–water partition coefficient (Wildman–Crippen LogP) is 1.82. The first-order valence-electron chi connectivity index (χ1n) is 9.59. The van der Waals surface area contributed by atoms with Crippen molar-refractivity contribution in [1.82, 2.24) is 14.5 Å². The highest BCUT2D eigenvalue weighted by Gasteiger charge is 2.21. The second-order valence-corrected chi connectivity index (χ2v) is 7.28. The largest absolute Gasteiger partial charge is 0.497 e. The molecule has 1 aliphatic rings. The molecule has 8 heteroatoms. The van der Waals surface area contributed by atoms with Gasteiger partial charge < -0.3 is 15.4 Å². The Balaban J connectivity index is 1.45. The van der Waals surface area contributed by atoms with Crippen LogP contribution in [0.5, 0.6) is 5.75 Å². The summed E-state index contributed by atoms with van der Waals surface area (Å²) in [5.41, 5.74) is 7.16. The molecule has 0 spiro atoms. The molecule has 0 saturated carbocycles. The average Bonchev–Trinajstić information content (AvgIpc) is 2.76. The second-order valence-electron chi connectivity index (χ2n) is 7.28. The van der Waals surface area contributed by atoms with E-state index >= 15 is 0 Å². The van der Waals surface area contributed by atoms with Gasteiger partial charge in [-0.15, -0.1) is 0 Å². The minimum absolute atomic E-state index is 0.0275. The lowest BCUT2D eigenvalue weighted by Crippen LogP contribution is -2.36. The molecule has 0 radical (unpaired) electrons. The van der Waals surface area contributed by atoms with Crippen LogP contribution in [-0.2, 0) is 6.54 Å². The first-order chi connectivity index (χ1) is 14.0. The molecule has 8 nitrogen and oxygen atoms in total. The maximum Gasteiger partial charge on any atom is 0.267 e. The van der Waals surface area contributed by atoms with Crippen LogP contribution in [0.4, 0.5) is 5.69 Å². The molecule has 1 amide bonds. The number of ether oxygens (including phenoxy) is 1. The number of nitrogens with two attached hydrogens (primary N) is 1. The van der Waals surface area contributed by atoms with Crippen LogP contribution in [0.1, 0.15) is 23.3 Å². The Morgan fingerprint density at radius 3 is 2.72 bits per heavy atom. The highest BCUT2D eigenvalue weighted by molar-refractivity contribution is 5.91. The number of amides is 1. The SMILES string of the molecule is COc1ccc2c(=O)n(CC3CCN(c4ccnc(C(N)=O)c4)CC3)cnc2c1. The van der Waals surface area contributed by atoms with Crippen LogP contribution >= 0.6 is 0 Å². The fourth-order valence-electron chi connectivity index (χ4n) is 3.80. The van der Waals surface area contributed by atoms with Gasteiger partial charge in [-0.05, 0) is 43.0 Å². The Hall–Kier alpha value is -3.42. The summed E-state index contributed by atoms with van der Waals surface area (Å²) in [6.07, 6.45) is 5.12. The number of primary amides is 1. The summed E-state index contributed by atoms with van der Waals surface area (Å²) in [7, 11) is 1.59. The number of anilines is 1. The number of methoxy groups -OCH3 is 1. The Kier molecular flexibility index (Phi) is 5.16. The van der Waals surface area contributed by atoms with E-state index in [1.165, 1.54) is 0 Å². The molecular formula is C21H23N5O3. The molecule has 0 bridgehead atoms. The number of fused-ring (bicyclic) bond motifs is 1. The number of hydrogen-bond acceptors (Lipinski definition) is 6. The topological polar surface area (TPSA) is 103 Å². The van der Waals surface area contributed by atoms with Crippen molar-refractivity contribution in [2.45, 2.75) is 19.4 Å². The monoisotopic (exact) mass is 393 g/mol. The van der Waals surface area contributed by atoms with Gasteiger partial charge in [0.15, 0.2) is 0 Å². The lowest BCUT2D eigenvalue weighted by molar-refractivity contribution is 0.0995. The Morgan fingerprint density at radius 2 is 2.00 bits per heavy atom. The summed E-state index contributed by atoms with van der Waals surface area (Å²) in [6, 6.07) is 8.94. The van der Waals surface area contributed by atoms with Gasteiger partial charge in [-0.25, -0.2) is 4.98 Å². The molecule has 2 N–H and O–H groups in total. The van der Waals surface area contributed by atoms with Crippen LogP contribution in [0.15, 0.2) is 47.7 Å². The number of piperidine rings is 1. The molecule has 1 aliphatic heterocycles. The van der Waals surface area contributed by atoms with Gasteiger partial charge in [0.25, 0.3) is 11.5 Å². The number of rotatable bonds is 5. The van der Waals surface area contributed by atoms with Crippen molar-refractivity contribution in [3.63, 3.8) is 0 Å². The van der Waals surface area contributed by atoms with Crippen molar-refractivity contribution < 1.29 is 9.53 Å². The predicted molar refractivity (Wildman–Crippen MR) is 110 cm³/mol. The first kappa shape index (κ1) is 18.9. The Labute approximate surface area is 167 Å². The molecule has 1 fully saturated rings. The van der Waals surface area contributed by atoms with Gasteiger partial charge in [-0.1, -0.05) is 0 Å². The third kappa shape index (κ3) is 3.91. The average molecular weight is 393 g/mol. The molecule has 0 unspecified atom stereocenters. The minimum Gasteiger partial charge on any atom is -0.497 e. The summed E-state index contributed by atoms with van der Waals surface area (Å²) >= 11 is 0. The lowest BCUT2D eigenvalue weighted by atomic mass is 9.96. The van der Waals surface area contributed by atoms with Crippen LogP contribution in [0, 0.1) is 5.92 Å². The fraction of sp³-hybridized carbons (Fsp3) is 0.333. The molecule has 1 saturated heterocycles. The van der Waals surface area contributed by atoms with Crippen molar-refractivity contribution >= 4 is 22.5 Å². The summed E-state index contributed by atoms with van der Waals surface area (Å²) in [6.45, 7) is 2.34. The lowest BCUT2D eigenvalue weighted by Gasteiger charge is -2.33. The van der Waals surface area contributed by atoms with E-state index in [2.05, 4.69) is 14.9 Å². The number of aromatic nitrogens is 3. The van der Waals surface area contributed by atoms with E-state index in [1.54, 1.807) is 48.5 Å². The summed E-state index contributed by atoms with van der Waals surface area (Å²) in [5.74, 6) is 0.548. The van der Waals surface area contributed by atoms with Crippen molar-refractivity contribution in [1.29, 1.82) is 0 Å². The molecule has 0 aliphatic carbocycles. The molecule has 0 atom stereocenters. The molecule has 4 rings (SSSR count). The molecule has 3 heterocycles. The third-order valence-corrected chi connectivity index (χ3v) is 5.46. The van der Waals surface area contributed by atoms with Crippen molar-refractivity contribution in [3.05, 3.63) is 58.9 Å². The normalized spacial score (nSPS) is 14.9. The van der Waals surface area contributed by atoms with Gasteiger partial charge in [0.1, 0.15) is 11.4 Å². The molecule has 1 aromatic carbocycles. The van der Waals surface area contributed by atoms with Gasteiger partial charge in [-0.3, -0.25) is 19.1 Å². The quantitative estimate of drug-likeness (QED) is 0.709. The van der Waals surface area contributed by atoms with E-state index in [-0.39, 0.29) is 11.3 Å². The van der Waals surface area contributed by atoms with Gasteiger partial charge in [0, 0.05) is 37.6 Å². The zero-order valence-corrected chi connectivity index (χ0v) is 16.2. The van der Waals surface area contributed by atoms with Gasteiger partial charge in [0.05, 0.1) is 24.3 Å². The number of nitrogens with zero attached hydrogens (tertiary/aromatic N) is 4. The number of benzene rings is 1. The van der Waals surface area contributed by atoms with Crippen molar-refractivity contribution in [2.75, 3.05) is 25.1 Å². The van der Waals surface area contributed by atoms with Crippen LogP contribution < -0.4 is 20.9 Å². The minimum atomic E-state index is -0.525. The Bertz CT molecular complexity index is 1100. The van der Waals surface area contributed by atoms with Crippen molar-refractivity contribution in [2.24, 2.45) is 11.7 Å². The van der Waals surface area contributed by atoms with Crippen molar-refractivity contribution in [3.8, 4) is 5.75 Å². The van der Waals surface area contributed by atoms with E-state index in [0.29, 0.717) is 29.1 Å². The van der Waals surface area contributed by atoms with Crippen LogP contribution in [0.3, 0.4) is 0 Å². The molecule has 3 aromatic rings. The molecule has 150 valence electrons. The number of carbonyl (C=O) groups excluding carboxylic acids is 1. The molecule has 2 aromatic heterocycles. The third-order valence-electron chi connectivity index (χ3n) is 5.46. The van der Waals surface area contributed by atoms with E-state index in [4.69, 9.17) is 10.5 Å². The molecular weight excluding hydrogens is 370 g/mol. The number of carbonyl (C=O) groups is 1. The van der Waals surface area contributed by atoms with Gasteiger partial charge in [-0.2, -0.15) is 0 Å². The highest BCUT2D eigenvalue weighted by Crippen LogP contribution is 2.24.